The lowest BCUT2D eigenvalue weighted by molar-refractivity contribution is -0.121. The van der Waals surface area contributed by atoms with Gasteiger partial charge in [0.2, 0.25) is 11.8 Å². The molecule has 1 aliphatic heterocycles. The van der Waals surface area contributed by atoms with Crippen LogP contribution in [0.15, 0.2) is 54.7 Å². The summed E-state index contributed by atoms with van der Waals surface area (Å²) in [6.07, 6.45) is 2.04. The number of carbonyl (C=O) groups is 3. The van der Waals surface area contributed by atoms with Crippen molar-refractivity contribution in [3.05, 3.63) is 66.0 Å². The third-order valence-electron chi connectivity index (χ3n) is 5.00. The van der Waals surface area contributed by atoms with Crippen LogP contribution in [0.25, 0.3) is 5.82 Å². The van der Waals surface area contributed by atoms with E-state index in [1.54, 1.807) is 41.2 Å². The first-order valence-electron chi connectivity index (χ1n) is 10.0. The van der Waals surface area contributed by atoms with E-state index in [1.807, 2.05) is 39.0 Å². The zero-order valence-electron chi connectivity index (χ0n) is 17.6. The van der Waals surface area contributed by atoms with Gasteiger partial charge in [-0.2, -0.15) is 9.78 Å². The highest BCUT2D eigenvalue weighted by Crippen LogP contribution is 2.27. The minimum absolute atomic E-state index is 0.189. The Labute approximate surface area is 179 Å². The lowest BCUT2D eigenvalue weighted by atomic mass is 9.92. The van der Waals surface area contributed by atoms with Gasteiger partial charge in [-0.05, 0) is 30.3 Å². The standard InChI is InChI=1S/C23H23N5O3/c1-23(2,3)17-14-19(28(26-17)18-9-4-5-12-24-18)25-22(31)15-7-6-8-16(13-15)27-20(29)10-11-21(27)30/h4-9,12-14H,10-11H2,1-3H3,(H,25,31). The minimum Gasteiger partial charge on any atom is -0.306 e. The van der Waals surface area contributed by atoms with Crippen molar-refractivity contribution in [2.75, 3.05) is 10.2 Å². The van der Waals surface area contributed by atoms with Crippen molar-refractivity contribution in [1.29, 1.82) is 0 Å². The van der Waals surface area contributed by atoms with Crippen LogP contribution in [0.2, 0.25) is 0 Å². The van der Waals surface area contributed by atoms with Crippen LogP contribution >= 0.6 is 0 Å². The normalized spacial score (nSPS) is 14.2. The lowest BCUT2D eigenvalue weighted by Gasteiger charge is -2.15. The number of pyridine rings is 1. The van der Waals surface area contributed by atoms with Crippen molar-refractivity contribution in [3.63, 3.8) is 0 Å². The van der Waals surface area contributed by atoms with Crippen LogP contribution in [-0.2, 0) is 15.0 Å². The summed E-state index contributed by atoms with van der Waals surface area (Å²) in [5.41, 5.74) is 1.30. The molecule has 0 spiro atoms. The Bertz CT molecular complexity index is 1150. The number of imide groups is 1. The van der Waals surface area contributed by atoms with Gasteiger partial charge in [0.05, 0.1) is 11.4 Å². The zero-order chi connectivity index (χ0) is 22.2. The van der Waals surface area contributed by atoms with Crippen molar-refractivity contribution >= 4 is 29.2 Å². The van der Waals surface area contributed by atoms with E-state index in [1.165, 1.54) is 0 Å². The minimum atomic E-state index is -0.376. The molecule has 1 fully saturated rings. The highest BCUT2D eigenvalue weighted by Gasteiger charge is 2.30. The van der Waals surface area contributed by atoms with Gasteiger partial charge in [0.25, 0.3) is 5.91 Å². The van der Waals surface area contributed by atoms with Crippen molar-refractivity contribution in [2.45, 2.75) is 39.0 Å². The third-order valence-corrected chi connectivity index (χ3v) is 5.00. The van der Waals surface area contributed by atoms with Gasteiger partial charge in [0.15, 0.2) is 5.82 Å². The number of rotatable bonds is 4. The van der Waals surface area contributed by atoms with Gasteiger partial charge < -0.3 is 5.32 Å². The Morgan fingerprint density at radius 3 is 2.39 bits per heavy atom. The molecule has 0 unspecified atom stereocenters. The molecule has 0 radical (unpaired) electrons. The molecule has 158 valence electrons. The maximum atomic E-state index is 13.0. The average Bonchev–Trinajstić information content (AvgIpc) is 3.32. The summed E-state index contributed by atoms with van der Waals surface area (Å²) < 4.78 is 1.59. The Kier molecular flexibility index (Phi) is 5.14. The molecule has 0 saturated carbocycles. The maximum absolute atomic E-state index is 13.0. The van der Waals surface area contributed by atoms with E-state index in [0.717, 1.165) is 10.6 Å². The molecule has 1 aromatic carbocycles. The zero-order valence-corrected chi connectivity index (χ0v) is 17.6. The molecular formula is C23H23N5O3. The Morgan fingerprint density at radius 2 is 1.74 bits per heavy atom. The summed E-state index contributed by atoms with van der Waals surface area (Å²) in [6, 6.07) is 13.8. The summed E-state index contributed by atoms with van der Waals surface area (Å²) in [5, 5.41) is 7.53. The van der Waals surface area contributed by atoms with E-state index in [4.69, 9.17) is 0 Å². The molecule has 2 aromatic heterocycles. The van der Waals surface area contributed by atoms with E-state index in [9.17, 15) is 14.4 Å². The second-order valence-corrected chi connectivity index (χ2v) is 8.39. The van der Waals surface area contributed by atoms with Gasteiger partial charge in [0, 0.05) is 36.1 Å². The molecule has 3 aromatic rings. The molecule has 31 heavy (non-hydrogen) atoms. The van der Waals surface area contributed by atoms with Crippen molar-refractivity contribution in [3.8, 4) is 5.82 Å². The number of nitrogens with one attached hydrogen (secondary N) is 1. The van der Waals surface area contributed by atoms with Gasteiger partial charge in [-0.25, -0.2) is 4.98 Å². The largest absolute Gasteiger partial charge is 0.306 e. The van der Waals surface area contributed by atoms with E-state index >= 15 is 0 Å². The molecule has 1 saturated heterocycles. The summed E-state index contributed by atoms with van der Waals surface area (Å²) in [7, 11) is 0. The van der Waals surface area contributed by atoms with E-state index in [-0.39, 0.29) is 36.0 Å². The monoisotopic (exact) mass is 417 g/mol. The highest BCUT2D eigenvalue weighted by atomic mass is 16.2. The second-order valence-electron chi connectivity index (χ2n) is 8.39. The van der Waals surface area contributed by atoms with Crippen LogP contribution in [0, 0.1) is 0 Å². The van der Waals surface area contributed by atoms with E-state index in [0.29, 0.717) is 22.9 Å². The number of anilines is 2. The number of amides is 3. The average molecular weight is 417 g/mol. The molecule has 4 rings (SSSR count). The predicted octanol–water partition coefficient (Wildman–Crippen LogP) is 3.47. The van der Waals surface area contributed by atoms with Crippen LogP contribution in [0.4, 0.5) is 11.5 Å². The molecule has 3 amide bonds. The molecule has 3 heterocycles. The van der Waals surface area contributed by atoms with Gasteiger partial charge in [-0.15, -0.1) is 0 Å². The molecule has 0 bridgehead atoms. The summed E-state index contributed by atoms with van der Waals surface area (Å²) in [5.74, 6) is 0.164. The molecule has 0 aliphatic carbocycles. The first-order valence-corrected chi connectivity index (χ1v) is 10.0. The fourth-order valence-electron chi connectivity index (χ4n) is 3.33. The molecule has 8 nitrogen and oxygen atoms in total. The fourth-order valence-corrected chi connectivity index (χ4v) is 3.33. The number of benzene rings is 1. The Morgan fingerprint density at radius 1 is 1.00 bits per heavy atom. The van der Waals surface area contributed by atoms with Crippen LogP contribution in [-0.4, -0.2) is 32.5 Å². The van der Waals surface area contributed by atoms with E-state index < -0.39 is 0 Å². The number of nitrogens with zero attached hydrogens (tertiary/aromatic N) is 4. The van der Waals surface area contributed by atoms with Crippen LogP contribution < -0.4 is 10.2 Å². The fraction of sp³-hybridized carbons (Fsp3) is 0.261. The molecule has 1 N–H and O–H groups in total. The topological polar surface area (TPSA) is 97.2 Å². The second kappa shape index (κ2) is 7.79. The van der Waals surface area contributed by atoms with Crippen molar-refractivity contribution in [1.82, 2.24) is 14.8 Å². The van der Waals surface area contributed by atoms with Crippen LogP contribution in [0.3, 0.4) is 0 Å². The SMILES string of the molecule is CC(C)(C)c1cc(NC(=O)c2cccc(N3C(=O)CCC3=O)c2)n(-c2ccccn2)n1. The number of aromatic nitrogens is 3. The van der Waals surface area contributed by atoms with E-state index in [2.05, 4.69) is 15.4 Å². The third kappa shape index (κ3) is 4.09. The molecule has 8 heteroatoms. The van der Waals surface area contributed by atoms with Crippen molar-refractivity contribution < 1.29 is 14.4 Å². The summed E-state index contributed by atoms with van der Waals surface area (Å²) >= 11 is 0. The van der Waals surface area contributed by atoms with Crippen LogP contribution in [0.5, 0.6) is 0 Å². The first kappa shape index (κ1) is 20.5. The van der Waals surface area contributed by atoms with Crippen molar-refractivity contribution in [2.24, 2.45) is 0 Å². The quantitative estimate of drug-likeness (QED) is 0.656. The van der Waals surface area contributed by atoms with Crippen LogP contribution in [0.1, 0.15) is 49.7 Å². The van der Waals surface area contributed by atoms with Gasteiger partial charge in [-0.3, -0.25) is 19.3 Å². The summed E-state index contributed by atoms with van der Waals surface area (Å²) in [6.45, 7) is 6.12. The number of hydrogen-bond donors (Lipinski definition) is 1. The number of hydrogen-bond acceptors (Lipinski definition) is 5. The Balaban J connectivity index is 1.66. The van der Waals surface area contributed by atoms with Gasteiger partial charge in [0.1, 0.15) is 5.82 Å². The first-order chi connectivity index (χ1) is 14.7. The van der Waals surface area contributed by atoms with Gasteiger partial charge >= 0.3 is 0 Å². The smallest absolute Gasteiger partial charge is 0.256 e. The lowest BCUT2D eigenvalue weighted by Crippen LogP contribution is -2.28. The molecule has 0 atom stereocenters. The Hall–Kier alpha value is -3.81. The number of carbonyl (C=O) groups excluding carboxylic acids is 3. The predicted molar refractivity (Wildman–Crippen MR) is 116 cm³/mol. The maximum Gasteiger partial charge on any atom is 0.256 e. The highest BCUT2D eigenvalue weighted by molar-refractivity contribution is 6.20. The van der Waals surface area contributed by atoms with Gasteiger partial charge in [-0.1, -0.05) is 32.9 Å². The summed E-state index contributed by atoms with van der Waals surface area (Å²) in [4.78, 5) is 42.6. The molecule has 1 aliphatic rings. The molecular weight excluding hydrogens is 394 g/mol.